The summed E-state index contributed by atoms with van der Waals surface area (Å²) in [6.07, 6.45) is 0.568. The largest absolute Gasteiger partial charge is 0.456 e. The van der Waals surface area contributed by atoms with Gasteiger partial charge in [-0.25, -0.2) is 13.8 Å². The molecule has 0 unspecified atom stereocenters. The molecule has 2 aliphatic heterocycles. The van der Waals surface area contributed by atoms with E-state index in [-0.39, 0.29) is 47.3 Å². The number of nitrogens with zero attached hydrogens (tertiary/aromatic N) is 2. The van der Waals surface area contributed by atoms with Crippen molar-refractivity contribution in [1.82, 2.24) is 15.0 Å². The van der Waals surface area contributed by atoms with E-state index in [0.717, 1.165) is 6.42 Å². The number of pyridine rings is 1. The molecule has 3 aromatic rings. The highest BCUT2D eigenvalue weighted by Crippen LogP contribution is 2.30. The molecule has 0 bridgehead atoms. The van der Waals surface area contributed by atoms with Crippen molar-refractivity contribution in [2.45, 2.75) is 31.3 Å². The number of hydrogen-bond acceptors (Lipinski definition) is 6. The first-order valence-corrected chi connectivity index (χ1v) is 9.59. The molecular formula is C19H17ClF2N4O3. The van der Waals surface area contributed by atoms with Gasteiger partial charge in [0.25, 0.3) is 6.01 Å². The van der Waals surface area contributed by atoms with Crippen LogP contribution < -0.4 is 10.1 Å². The van der Waals surface area contributed by atoms with Crippen molar-refractivity contribution >= 4 is 28.6 Å². The molecule has 5 rings (SSSR count). The summed E-state index contributed by atoms with van der Waals surface area (Å²) in [5.41, 5.74) is 0.850. The number of hydrogen-bond donors (Lipinski definition) is 2. The topological polar surface area (TPSA) is 81.3 Å². The molecule has 0 amide bonds. The summed E-state index contributed by atoms with van der Waals surface area (Å²) in [6.45, 7) is 0.982. The predicted molar refractivity (Wildman–Crippen MR) is 101 cm³/mol. The highest BCUT2D eigenvalue weighted by atomic mass is 35.5. The van der Waals surface area contributed by atoms with Gasteiger partial charge in [-0.1, -0.05) is 17.7 Å². The Morgan fingerprint density at radius 3 is 2.90 bits per heavy atom. The van der Waals surface area contributed by atoms with Crippen LogP contribution in [0.4, 0.5) is 14.6 Å². The van der Waals surface area contributed by atoms with E-state index in [2.05, 4.69) is 20.3 Å². The summed E-state index contributed by atoms with van der Waals surface area (Å²) < 4.78 is 44.8. The van der Waals surface area contributed by atoms with Gasteiger partial charge in [0, 0.05) is 18.7 Å². The van der Waals surface area contributed by atoms with E-state index >= 15 is 0 Å². The number of benzene rings is 1. The zero-order valence-corrected chi connectivity index (χ0v) is 15.9. The van der Waals surface area contributed by atoms with Gasteiger partial charge in [0.15, 0.2) is 11.8 Å². The lowest BCUT2D eigenvalue weighted by atomic mass is 10.1. The van der Waals surface area contributed by atoms with Crippen LogP contribution in [0.15, 0.2) is 24.3 Å². The van der Waals surface area contributed by atoms with Gasteiger partial charge in [-0.05, 0) is 24.6 Å². The first kappa shape index (κ1) is 18.5. The van der Waals surface area contributed by atoms with Crippen LogP contribution in [0.25, 0.3) is 11.2 Å². The minimum absolute atomic E-state index is 0.0616. The normalized spacial score (nSPS) is 23.5. The lowest BCUT2D eigenvalue weighted by Gasteiger charge is -2.15. The van der Waals surface area contributed by atoms with Crippen LogP contribution >= 0.6 is 11.6 Å². The van der Waals surface area contributed by atoms with E-state index in [0.29, 0.717) is 24.4 Å². The molecule has 29 heavy (non-hydrogen) atoms. The molecule has 4 heterocycles. The van der Waals surface area contributed by atoms with Crippen molar-refractivity contribution in [3.63, 3.8) is 0 Å². The Labute approximate surface area is 169 Å². The SMILES string of the molecule is Fc1cccc(F)c1CNc1nc2nc(O[C@@H]3CO[C@@H]4CCO[C@@H]43)[nH]c2cc1Cl. The summed E-state index contributed by atoms with van der Waals surface area (Å²) in [7, 11) is 0. The number of fused-ring (bicyclic) bond motifs is 2. The lowest BCUT2D eigenvalue weighted by Crippen LogP contribution is -2.32. The second-order valence-electron chi connectivity index (χ2n) is 6.94. The van der Waals surface area contributed by atoms with Crippen molar-refractivity contribution in [3.8, 4) is 6.01 Å². The molecule has 0 aliphatic carbocycles. The Morgan fingerprint density at radius 1 is 1.24 bits per heavy atom. The summed E-state index contributed by atoms with van der Waals surface area (Å²) >= 11 is 6.26. The van der Waals surface area contributed by atoms with Crippen LogP contribution in [-0.2, 0) is 16.0 Å². The molecule has 2 aliphatic rings. The molecule has 1 aromatic carbocycles. The Kier molecular flexibility index (Phi) is 4.73. The molecule has 3 atom stereocenters. The van der Waals surface area contributed by atoms with Gasteiger partial charge in [-0.2, -0.15) is 4.98 Å². The minimum Gasteiger partial charge on any atom is -0.456 e. The number of halogens is 3. The molecule has 0 radical (unpaired) electrons. The number of aromatic amines is 1. The molecule has 2 N–H and O–H groups in total. The number of H-pyrrole nitrogens is 1. The van der Waals surface area contributed by atoms with Gasteiger partial charge < -0.3 is 24.5 Å². The second kappa shape index (κ2) is 7.40. The quantitative estimate of drug-likeness (QED) is 0.655. The van der Waals surface area contributed by atoms with Gasteiger partial charge in [0.05, 0.1) is 23.3 Å². The zero-order valence-electron chi connectivity index (χ0n) is 15.1. The van der Waals surface area contributed by atoms with E-state index in [1.165, 1.54) is 18.2 Å². The number of nitrogens with one attached hydrogen (secondary N) is 2. The fourth-order valence-corrected chi connectivity index (χ4v) is 3.84. The number of aromatic nitrogens is 3. The summed E-state index contributed by atoms with van der Waals surface area (Å²) in [5.74, 6) is -1.02. The van der Waals surface area contributed by atoms with E-state index in [1.807, 2.05) is 0 Å². The van der Waals surface area contributed by atoms with Crippen LogP contribution in [0.5, 0.6) is 6.01 Å². The highest BCUT2D eigenvalue weighted by molar-refractivity contribution is 6.33. The number of rotatable bonds is 5. The standard InChI is InChI=1S/C19H17ClF2N4O3/c20-10-6-13-18(25-17(10)23-7-9-11(21)2-1-3-12(9)22)26-19(24-13)29-15-8-28-14-4-5-27-16(14)15/h1-3,6,14-16H,4-5,7-8H2,(H2,23,24,25,26)/t14-,15-,16+/m1/s1. The maximum Gasteiger partial charge on any atom is 0.296 e. The maximum atomic E-state index is 13.8. The fourth-order valence-electron chi connectivity index (χ4n) is 3.62. The van der Waals surface area contributed by atoms with Crippen molar-refractivity contribution in [3.05, 3.63) is 46.5 Å². The van der Waals surface area contributed by atoms with Crippen LogP contribution in [0, 0.1) is 11.6 Å². The van der Waals surface area contributed by atoms with Gasteiger partial charge in [0.1, 0.15) is 23.6 Å². The molecule has 2 fully saturated rings. The number of anilines is 1. The summed E-state index contributed by atoms with van der Waals surface area (Å²) in [4.78, 5) is 11.7. The van der Waals surface area contributed by atoms with Crippen LogP contribution in [0.1, 0.15) is 12.0 Å². The molecule has 0 saturated carbocycles. The molecule has 10 heteroatoms. The predicted octanol–water partition coefficient (Wildman–Crippen LogP) is 3.44. The van der Waals surface area contributed by atoms with E-state index in [9.17, 15) is 8.78 Å². The van der Waals surface area contributed by atoms with E-state index in [4.69, 9.17) is 25.8 Å². The lowest BCUT2D eigenvalue weighted by molar-refractivity contribution is 0.0273. The van der Waals surface area contributed by atoms with Gasteiger partial charge >= 0.3 is 0 Å². The van der Waals surface area contributed by atoms with Gasteiger partial charge in [0.2, 0.25) is 0 Å². The van der Waals surface area contributed by atoms with Crippen molar-refractivity contribution in [2.24, 2.45) is 0 Å². The van der Waals surface area contributed by atoms with Crippen LogP contribution in [0.3, 0.4) is 0 Å². The fraction of sp³-hybridized carbons (Fsp3) is 0.368. The molecular weight excluding hydrogens is 406 g/mol. The first-order chi connectivity index (χ1) is 14.1. The molecule has 7 nitrogen and oxygen atoms in total. The van der Waals surface area contributed by atoms with Gasteiger partial charge in [-0.3, -0.25) is 0 Å². The zero-order chi connectivity index (χ0) is 20.0. The number of imidazole rings is 1. The third-order valence-corrected chi connectivity index (χ3v) is 5.37. The third kappa shape index (κ3) is 3.50. The molecule has 2 aromatic heterocycles. The summed E-state index contributed by atoms with van der Waals surface area (Å²) in [6, 6.07) is 5.61. The van der Waals surface area contributed by atoms with Crippen LogP contribution in [0.2, 0.25) is 5.02 Å². The molecule has 152 valence electrons. The Balaban J connectivity index is 1.34. The van der Waals surface area contributed by atoms with Crippen molar-refractivity contribution in [2.75, 3.05) is 18.5 Å². The Hall–Kier alpha value is -2.49. The maximum absolute atomic E-state index is 13.8. The third-order valence-electron chi connectivity index (χ3n) is 5.08. The summed E-state index contributed by atoms with van der Waals surface area (Å²) in [5, 5.41) is 3.14. The Bertz CT molecular complexity index is 1040. The number of ether oxygens (including phenoxy) is 3. The second-order valence-corrected chi connectivity index (χ2v) is 7.35. The van der Waals surface area contributed by atoms with E-state index < -0.39 is 11.6 Å². The molecule has 2 saturated heterocycles. The van der Waals surface area contributed by atoms with Gasteiger partial charge in [-0.15, -0.1) is 0 Å². The minimum atomic E-state index is -0.642. The highest BCUT2D eigenvalue weighted by Gasteiger charge is 2.43. The average Bonchev–Trinajstić information content (AvgIpc) is 3.38. The Morgan fingerprint density at radius 2 is 2.07 bits per heavy atom. The van der Waals surface area contributed by atoms with Crippen molar-refractivity contribution in [1.29, 1.82) is 0 Å². The van der Waals surface area contributed by atoms with E-state index in [1.54, 1.807) is 6.07 Å². The van der Waals surface area contributed by atoms with Crippen LogP contribution in [-0.4, -0.2) is 46.5 Å². The monoisotopic (exact) mass is 422 g/mol. The smallest absolute Gasteiger partial charge is 0.296 e. The average molecular weight is 423 g/mol. The molecule has 0 spiro atoms. The van der Waals surface area contributed by atoms with Crippen molar-refractivity contribution < 1.29 is 23.0 Å². The first-order valence-electron chi connectivity index (χ1n) is 9.21.